The molecule has 70 valence electrons. The van der Waals surface area contributed by atoms with Gasteiger partial charge in [0, 0.05) is 5.75 Å². The molecule has 1 rings (SSSR count). The normalized spacial score (nSPS) is 29.2. The Balaban J connectivity index is 2.39. The summed E-state index contributed by atoms with van der Waals surface area (Å²) < 4.78 is 0. The van der Waals surface area contributed by atoms with E-state index in [2.05, 4.69) is 12.2 Å². The number of hydrogen-bond donors (Lipinski definition) is 1. The fourth-order valence-electron chi connectivity index (χ4n) is 1.42. The van der Waals surface area contributed by atoms with E-state index in [1.807, 2.05) is 6.92 Å². The average Bonchev–Trinajstić information content (AvgIpc) is 2.49. The number of carbonyl (C=O) groups excluding carboxylic acids is 1. The minimum absolute atomic E-state index is 0.222. The summed E-state index contributed by atoms with van der Waals surface area (Å²) in [6, 6.07) is 0. The third-order valence-corrected chi connectivity index (χ3v) is 3.58. The van der Waals surface area contributed by atoms with Crippen molar-refractivity contribution in [2.75, 3.05) is 12.3 Å². The molecular weight excluding hydrogens is 170 g/mol. The molecule has 1 unspecified atom stereocenters. The van der Waals surface area contributed by atoms with Crippen LogP contribution in [0.25, 0.3) is 0 Å². The van der Waals surface area contributed by atoms with Gasteiger partial charge >= 0.3 is 0 Å². The summed E-state index contributed by atoms with van der Waals surface area (Å²) >= 11 is 1.47. The number of rotatable bonds is 3. The van der Waals surface area contributed by atoms with Crippen LogP contribution in [0.4, 0.5) is 0 Å². The molecule has 1 heterocycles. The highest BCUT2D eigenvalue weighted by Gasteiger charge is 2.35. The van der Waals surface area contributed by atoms with E-state index in [0.717, 1.165) is 31.6 Å². The number of carbonyl (C=O) groups is 1. The minimum Gasteiger partial charge on any atom is -0.304 e. The summed E-state index contributed by atoms with van der Waals surface area (Å²) in [5.41, 5.74) is -0.222. The molecule has 0 amide bonds. The van der Waals surface area contributed by atoms with E-state index in [-0.39, 0.29) is 5.54 Å². The van der Waals surface area contributed by atoms with Gasteiger partial charge in [0.15, 0.2) is 0 Å². The predicted octanol–water partition coefficient (Wildman–Crippen LogP) is 1.80. The van der Waals surface area contributed by atoms with Crippen LogP contribution < -0.4 is 5.32 Å². The Morgan fingerprint density at radius 1 is 1.67 bits per heavy atom. The first-order valence-corrected chi connectivity index (χ1v) is 5.60. The maximum Gasteiger partial charge on any atom is 0.208 e. The van der Waals surface area contributed by atoms with Crippen molar-refractivity contribution < 1.29 is 4.79 Å². The molecule has 0 bridgehead atoms. The Morgan fingerprint density at radius 3 is 2.92 bits per heavy atom. The molecule has 0 aromatic rings. The molecule has 0 aromatic heterocycles. The molecule has 3 heteroatoms. The zero-order chi connectivity index (χ0) is 9.03. The largest absolute Gasteiger partial charge is 0.304 e. The summed E-state index contributed by atoms with van der Waals surface area (Å²) in [7, 11) is 0. The van der Waals surface area contributed by atoms with Gasteiger partial charge in [-0.1, -0.05) is 18.7 Å². The monoisotopic (exact) mass is 187 g/mol. The predicted molar refractivity (Wildman–Crippen MR) is 53.4 cm³/mol. The standard InChI is InChI=1S/C9H17NOS/c1-3-7-12-8(11)9(2)5-4-6-10-9/h10H,3-7H2,1-2H3. The third kappa shape index (κ3) is 2.23. The molecule has 1 aliphatic heterocycles. The lowest BCUT2D eigenvalue weighted by Crippen LogP contribution is -2.43. The Morgan fingerprint density at radius 2 is 2.42 bits per heavy atom. The van der Waals surface area contributed by atoms with Gasteiger partial charge in [0.2, 0.25) is 5.12 Å². The van der Waals surface area contributed by atoms with E-state index >= 15 is 0 Å². The second kappa shape index (κ2) is 4.28. The zero-order valence-electron chi connectivity index (χ0n) is 7.85. The maximum atomic E-state index is 11.6. The molecule has 12 heavy (non-hydrogen) atoms. The number of thioether (sulfide) groups is 1. The molecule has 0 radical (unpaired) electrons. The van der Waals surface area contributed by atoms with Crippen molar-refractivity contribution in [3.05, 3.63) is 0 Å². The average molecular weight is 187 g/mol. The van der Waals surface area contributed by atoms with Crippen molar-refractivity contribution in [3.8, 4) is 0 Å². The lowest BCUT2D eigenvalue weighted by atomic mass is 10.0. The van der Waals surface area contributed by atoms with Crippen molar-refractivity contribution in [1.29, 1.82) is 0 Å². The Labute approximate surface area is 78.5 Å². The molecule has 1 saturated heterocycles. The van der Waals surface area contributed by atoms with Crippen LogP contribution >= 0.6 is 11.8 Å². The fourth-order valence-corrected chi connectivity index (χ4v) is 2.31. The first-order chi connectivity index (χ1) is 5.69. The van der Waals surface area contributed by atoms with E-state index < -0.39 is 0 Å². The number of hydrogen-bond acceptors (Lipinski definition) is 3. The van der Waals surface area contributed by atoms with E-state index in [4.69, 9.17) is 0 Å². The molecule has 1 N–H and O–H groups in total. The molecule has 0 saturated carbocycles. The zero-order valence-corrected chi connectivity index (χ0v) is 8.67. The smallest absolute Gasteiger partial charge is 0.208 e. The first kappa shape index (κ1) is 10.1. The Bertz CT molecular complexity index is 164. The molecule has 1 aliphatic rings. The van der Waals surface area contributed by atoms with Gasteiger partial charge in [0.25, 0.3) is 0 Å². The fraction of sp³-hybridized carbons (Fsp3) is 0.889. The minimum atomic E-state index is -0.222. The van der Waals surface area contributed by atoms with Crippen LogP contribution in [-0.4, -0.2) is 23.0 Å². The van der Waals surface area contributed by atoms with E-state index in [0.29, 0.717) is 5.12 Å². The maximum absolute atomic E-state index is 11.6. The van der Waals surface area contributed by atoms with Gasteiger partial charge in [-0.3, -0.25) is 4.79 Å². The van der Waals surface area contributed by atoms with Crippen LogP contribution in [-0.2, 0) is 4.79 Å². The topological polar surface area (TPSA) is 29.1 Å². The van der Waals surface area contributed by atoms with Crippen LogP contribution in [0, 0.1) is 0 Å². The van der Waals surface area contributed by atoms with E-state index in [1.165, 1.54) is 11.8 Å². The van der Waals surface area contributed by atoms with Crippen molar-refractivity contribution in [2.45, 2.75) is 38.6 Å². The summed E-state index contributed by atoms with van der Waals surface area (Å²) in [6.45, 7) is 5.12. The van der Waals surface area contributed by atoms with Crippen LogP contribution in [0.2, 0.25) is 0 Å². The summed E-state index contributed by atoms with van der Waals surface area (Å²) in [5, 5.41) is 3.59. The highest BCUT2D eigenvalue weighted by Crippen LogP contribution is 2.25. The molecule has 2 nitrogen and oxygen atoms in total. The van der Waals surface area contributed by atoms with Gasteiger partial charge in [0.1, 0.15) is 0 Å². The van der Waals surface area contributed by atoms with E-state index in [1.54, 1.807) is 0 Å². The Hall–Kier alpha value is -0.0200. The van der Waals surface area contributed by atoms with Gasteiger partial charge < -0.3 is 5.32 Å². The van der Waals surface area contributed by atoms with Crippen LogP contribution in [0.15, 0.2) is 0 Å². The number of nitrogens with one attached hydrogen (secondary N) is 1. The van der Waals surface area contributed by atoms with Gasteiger partial charge in [-0.25, -0.2) is 0 Å². The second-order valence-corrected chi connectivity index (χ2v) is 4.57. The molecule has 0 aliphatic carbocycles. The van der Waals surface area contributed by atoms with Gasteiger partial charge in [-0.05, 0) is 32.7 Å². The van der Waals surface area contributed by atoms with Crippen LogP contribution in [0.3, 0.4) is 0 Å². The highest BCUT2D eigenvalue weighted by atomic mass is 32.2. The van der Waals surface area contributed by atoms with Crippen molar-refractivity contribution in [2.24, 2.45) is 0 Å². The van der Waals surface area contributed by atoms with Crippen LogP contribution in [0.1, 0.15) is 33.1 Å². The quantitative estimate of drug-likeness (QED) is 0.730. The highest BCUT2D eigenvalue weighted by molar-refractivity contribution is 8.13. The molecular formula is C9H17NOS. The molecule has 1 atom stereocenters. The summed E-state index contributed by atoms with van der Waals surface area (Å²) in [6.07, 6.45) is 3.21. The van der Waals surface area contributed by atoms with Gasteiger partial charge in [-0.15, -0.1) is 0 Å². The molecule has 0 spiro atoms. The van der Waals surface area contributed by atoms with E-state index in [9.17, 15) is 4.79 Å². The van der Waals surface area contributed by atoms with Gasteiger partial charge in [-0.2, -0.15) is 0 Å². The molecule has 0 aromatic carbocycles. The van der Waals surface area contributed by atoms with Crippen molar-refractivity contribution in [3.63, 3.8) is 0 Å². The molecule has 1 fully saturated rings. The van der Waals surface area contributed by atoms with Gasteiger partial charge in [0.05, 0.1) is 5.54 Å². The lowest BCUT2D eigenvalue weighted by molar-refractivity contribution is -0.115. The Kier molecular flexibility index (Phi) is 3.59. The summed E-state index contributed by atoms with van der Waals surface area (Å²) in [4.78, 5) is 11.6. The van der Waals surface area contributed by atoms with Crippen molar-refractivity contribution in [1.82, 2.24) is 5.32 Å². The van der Waals surface area contributed by atoms with Crippen molar-refractivity contribution >= 4 is 16.9 Å². The van der Waals surface area contributed by atoms with Crippen LogP contribution in [0.5, 0.6) is 0 Å². The second-order valence-electron chi connectivity index (χ2n) is 3.50. The lowest BCUT2D eigenvalue weighted by Gasteiger charge is -2.21. The summed E-state index contributed by atoms with van der Waals surface area (Å²) in [5.74, 6) is 0.954. The SMILES string of the molecule is CCCSC(=O)C1(C)CCCN1. The third-order valence-electron chi connectivity index (χ3n) is 2.26. The first-order valence-electron chi connectivity index (χ1n) is 4.61.